The molecule has 1 saturated carbocycles. The second-order valence-corrected chi connectivity index (χ2v) is 4.56. The monoisotopic (exact) mass is 214 g/mol. The highest BCUT2D eigenvalue weighted by molar-refractivity contribution is 5.36. The third kappa shape index (κ3) is 1.84. The van der Waals surface area contributed by atoms with Crippen molar-refractivity contribution in [3.8, 4) is 5.69 Å². The molecule has 0 saturated heterocycles. The minimum absolute atomic E-state index is 0.0565. The summed E-state index contributed by atoms with van der Waals surface area (Å²) in [5.74, 6) is 0. The van der Waals surface area contributed by atoms with Crippen LogP contribution in [-0.2, 0) is 6.42 Å². The molecular formula is C12H14N4. The van der Waals surface area contributed by atoms with Crippen molar-refractivity contribution in [2.45, 2.75) is 24.8 Å². The van der Waals surface area contributed by atoms with E-state index in [1.807, 2.05) is 18.3 Å². The van der Waals surface area contributed by atoms with E-state index in [0.29, 0.717) is 0 Å². The highest BCUT2D eigenvalue weighted by Gasteiger charge is 2.37. The molecule has 0 bridgehead atoms. The largest absolute Gasteiger partial charge is 0.325 e. The summed E-state index contributed by atoms with van der Waals surface area (Å²) < 4.78 is 1.76. The zero-order chi connectivity index (χ0) is 11.0. The zero-order valence-corrected chi connectivity index (χ0v) is 9.00. The van der Waals surface area contributed by atoms with Crippen LogP contribution in [0.2, 0.25) is 0 Å². The van der Waals surface area contributed by atoms with Crippen LogP contribution in [0, 0.1) is 0 Å². The van der Waals surface area contributed by atoms with Crippen molar-refractivity contribution in [2.75, 3.05) is 0 Å². The van der Waals surface area contributed by atoms with Crippen molar-refractivity contribution >= 4 is 0 Å². The van der Waals surface area contributed by atoms with E-state index in [2.05, 4.69) is 22.4 Å². The molecule has 4 heteroatoms. The molecule has 2 aromatic rings. The van der Waals surface area contributed by atoms with Crippen molar-refractivity contribution < 1.29 is 0 Å². The molecule has 0 amide bonds. The van der Waals surface area contributed by atoms with Crippen LogP contribution in [0.15, 0.2) is 36.7 Å². The average molecular weight is 214 g/mol. The molecule has 0 aliphatic heterocycles. The Morgan fingerprint density at radius 1 is 1.38 bits per heavy atom. The molecule has 1 fully saturated rings. The molecule has 4 nitrogen and oxygen atoms in total. The fourth-order valence-electron chi connectivity index (χ4n) is 1.90. The average Bonchev–Trinajstić information content (AvgIpc) is 2.84. The van der Waals surface area contributed by atoms with E-state index in [1.54, 1.807) is 10.9 Å². The number of hydrogen-bond acceptors (Lipinski definition) is 3. The Morgan fingerprint density at radius 2 is 2.25 bits per heavy atom. The number of nitrogens with two attached hydrogens (primary N) is 1. The Labute approximate surface area is 94.1 Å². The number of nitrogens with zero attached hydrogens (tertiary/aromatic N) is 3. The van der Waals surface area contributed by atoms with Crippen LogP contribution in [0.1, 0.15) is 18.4 Å². The lowest BCUT2D eigenvalue weighted by Crippen LogP contribution is -2.24. The number of hydrogen-bond donors (Lipinski definition) is 1. The van der Waals surface area contributed by atoms with Crippen molar-refractivity contribution in [1.82, 2.24) is 15.0 Å². The Kier molecular flexibility index (Phi) is 2.04. The van der Waals surface area contributed by atoms with Crippen molar-refractivity contribution in [1.29, 1.82) is 0 Å². The van der Waals surface area contributed by atoms with Gasteiger partial charge in [0, 0.05) is 5.54 Å². The molecule has 0 unspecified atom stereocenters. The molecule has 1 aliphatic carbocycles. The number of rotatable bonds is 3. The summed E-state index contributed by atoms with van der Waals surface area (Å²) in [6.45, 7) is 0. The summed E-state index contributed by atoms with van der Waals surface area (Å²) in [4.78, 5) is 0. The number of benzene rings is 1. The highest BCUT2D eigenvalue weighted by atomic mass is 15.4. The van der Waals surface area contributed by atoms with Crippen LogP contribution in [0.4, 0.5) is 0 Å². The van der Waals surface area contributed by atoms with Gasteiger partial charge in [0.25, 0.3) is 0 Å². The second-order valence-electron chi connectivity index (χ2n) is 4.56. The molecule has 1 heterocycles. The lowest BCUT2D eigenvalue weighted by atomic mass is 10.0. The van der Waals surface area contributed by atoms with Gasteiger partial charge in [-0.25, -0.2) is 4.68 Å². The first-order valence-electron chi connectivity index (χ1n) is 5.50. The molecule has 16 heavy (non-hydrogen) atoms. The zero-order valence-electron chi connectivity index (χ0n) is 9.00. The van der Waals surface area contributed by atoms with Gasteiger partial charge >= 0.3 is 0 Å². The van der Waals surface area contributed by atoms with Crippen LogP contribution < -0.4 is 5.73 Å². The first kappa shape index (κ1) is 9.54. The van der Waals surface area contributed by atoms with E-state index in [0.717, 1.165) is 24.9 Å². The molecule has 82 valence electrons. The summed E-state index contributed by atoms with van der Waals surface area (Å²) in [5, 5.41) is 7.78. The van der Waals surface area contributed by atoms with Crippen LogP contribution in [-0.4, -0.2) is 20.5 Å². The third-order valence-electron chi connectivity index (χ3n) is 3.05. The van der Waals surface area contributed by atoms with Crippen LogP contribution in [0.25, 0.3) is 5.69 Å². The van der Waals surface area contributed by atoms with Gasteiger partial charge in [-0.05, 0) is 37.0 Å². The van der Waals surface area contributed by atoms with E-state index in [4.69, 9.17) is 5.73 Å². The smallest absolute Gasteiger partial charge is 0.0697 e. The van der Waals surface area contributed by atoms with Gasteiger partial charge < -0.3 is 5.73 Å². The fourth-order valence-corrected chi connectivity index (χ4v) is 1.90. The van der Waals surface area contributed by atoms with Crippen LogP contribution in [0.5, 0.6) is 0 Å². The normalized spacial score (nSPS) is 17.3. The minimum Gasteiger partial charge on any atom is -0.325 e. The Hall–Kier alpha value is -1.68. The lowest BCUT2D eigenvalue weighted by Gasteiger charge is -2.09. The Balaban J connectivity index is 1.88. The summed E-state index contributed by atoms with van der Waals surface area (Å²) in [6.07, 6.45) is 6.75. The van der Waals surface area contributed by atoms with Gasteiger partial charge in [-0.15, -0.1) is 5.10 Å². The first-order chi connectivity index (χ1) is 7.75. The van der Waals surface area contributed by atoms with E-state index in [9.17, 15) is 0 Å². The van der Waals surface area contributed by atoms with Gasteiger partial charge in [-0.3, -0.25) is 0 Å². The molecule has 3 rings (SSSR count). The Bertz CT molecular complexity index is 485. The quantitative estimate of drug-likeness (QED) is 0.837. The Morgan fingerprint density at radius 3 is 2.94 bits per heavy atom. The molecule has 0 spiro atoms. The van der Waals surface area contributed by atoms with Gasteiger partial charge in [-0.1, -0.05) is 17.3 Å². The number of aromatic nitrogens is 3. The lowest BCUT2D eigenvalue weighted by molar-refractivity contribution is 0.671. The van der Waals surface area contributed by atoms with Gasteiger partial charge in [-0.2, -0.15) is 0 Å². The van der Waals surface area contributed by atoms with Gasteiger partial charge in [0.2, 0.25) is 0 Å². The van der Waals surface area contributed by atoms with E-state index in [1.165, 1.54) is 5.56 Å². The SMILES string of the molecule is NC1(Cc2cccc(-n3ccnn3)c2)CC1. The van der Waals surface area contributed by atoms with Gasteiger partial charge in [0.1, 0.15) is 0 Å². The second kappa shape index (κ2) is 3.42. The van der Waals surface area contributed by atoms with Crippen molar-refractivity contribution in [3.05, 3.63) is 42.2 Å². The van der Waals surface area contributed by atoms with Crippen molar-refractivity contribution in [2.24, 2.45) is 5.73 Å². The summed E-state index contributed by atoms with van der Waals surface area (Å²) in [5.41, 5.74) is 8.48. The highest BCUT2D eigenvalue weighted by Crippen LogP contribution is 2.35. The summed E-state index contributed by atoms with van der Waals surface area (Å²) in [7, 11) is 0. The summed E-state index contributed by atoms with van der Waals surface area (Å²) in [6, 6.07) is 8.31. The maximum absolute atomic E-state index is 6.11. The maximum Gasteiger partial charge on any atom is 0.0697 e. The maximum atomic E-state index is 6.11. The molecule has 0 atom stereocenters. The van der Waals surface area contributed by atoms with Gasteiger partial charge in [0.05, 0.1) is 18.1 Å². The van der Waals surface area contributed by atoms with Gasteiger partial charge in [0.15, 0.2) is 0 Å². The standard InChI is InChI=1S/C12H14N4/c13-12(4-5-12)9-10-2-1-3-11(8-10)16-7-6-14-15-16/h1-3,6-8H,4-5,9,13H2. The molecule has 1 aliphatic rings. The molecule has 2 N–H and O–H groups in total. The molecule has 0 radical (unpaired) electrons. The first-order valence-corrected chi connectivity index (χ1v) is 5.50. The van der Waals surface area contributed by atoms with Crippen LogP contribution in [0.3, 0.4) is 0 Å². The molecule has 1 aromatic heterocycles. The summed E-state index contributed by atoms with van der Waals surface area (Å²) >= 11 is 0. The van der Waals surface area contributed by atoms with E-state index < -0.39 is 0 Å². The van der Waals surface area contributed by atoms with Crippen molar-refractivity contribution in [3.63, 3.8) is 0 Å². The predicted octanol–water partition coefficient (Wildman–Crippen LogP) is 1.30. The third-order valence-corrected chi connectivity index (χ3v) is 3.05. The van der Waals surface area contributed by atoms with E-state index >= 15 is 0 Å². The molecular weight excluding hydrogens is 200 g/mol. The van der Waals surface area contributed by atoms with Crippen LogP contribution >= 0.6 is 0 Å². The topological polar surface area (TPSA) is 56.7 Å². The fraction of sp³-hybridized carbons (Fsp3) is 0.333. The minimum atomic E-state index is 0.0565. The predicted molar refractivity (Wildman–Crippen MR) is 61.2 cm³/mol. The van der Waals surface area contributed by atoms with E-state index in [-0.39, 0.29) is 5.54 Å². The molecule has 1 aromatic carbocycles.